The molecule has 78 valence electrons. The van der Waals surface area contributed by atoms with Crippen molar-refractivity contribution in [2.75, 3.05) is 19.3 Å². The maximum Gasteiger partial charge on any atom is 0.0857 e. The Hall–Kier alpha value is -0.0831. The normalized spacial score (nSPS) is 13.1. The summed E-state index contributed by atoms with van der Waals surface area (Å²) in [4.78, 5) is 2.58. The molecule has 0 N–H and O–H groups in total. The molecule has 0 aromatic carbocycles. The van der Waals surface area contributed by atoms with Crippen LogP contribution in [-0.2, 0) is 0 Å². The number of hydrogen-bond donors (Lipinski definition) is 0. The second-order valence-corrected chi connectivity index (χ2v) is 8.98. The molecule has 0 unspecified atom stereocenters. The van der Waals surface area contributed by atoms with Gasteiger partial charge in [0.25, 0.3) is 0 Å². The molecular formula is C11H25NSi. The zero-order valence-corrected chi connectivity index (χ0v) is 10.9. The summed E-state index contributed by atoms with van der Waals surface area (Å²) in [6.07, 6.45) is 4.79. The molecule has 0 spiro atoms. The van der Waals surface area contributed by atoms with Crippen molar-refractivity contribution in [1.82, 2.24) is 4.90 Å². The molecule has 2 heteroatoms. The summed E-state index contributed by atoms with van der Waals surface area (Å²) in [5.74, 6) is 0. The van der Waals surface area contributed by atoms with Gasteiger partial charge in [-0.25, -0.2) is 0 Å². The highest BCUT2D eigenvalue weighted by atomic mass is 28.3. The maximum atomic E-state index is 2.58. The molecule has 0 heterocycles. The fourth-order valence-electron chi connectivity index (χ4n) is 1.75. The largest absolute Gasteiger partial charge is 0.306 e. The molecule has 0 fully saturated rings. The lowest BCUT2D eigenvalue weighted by Gasteiger charge is -2.27. The molecule has 0 aliphatic rings. The van der Waals surface area contributed by atoms with Gasteiger partial charge in [-0.1, -0.05) is 38.7 Å². The molecule has 13 heavy (non-hydrogen) atoms. The van der Waals surface area contributed by atoms with E-state index in [1.807, 2.05) is 0 Å². The first-order valence-corrected chi connectivity index (χ1v) is 8.70. The first-order chi connectivity index (χ1) is 6.05. The van der Waals surface area contributed by atoms with Gasteiger partial charge >= 0.3 is 0 Å². The maximum absolute atomic E-state index is 2.58. The Labute approximate surface area is 84.8 Å². The van der Waals surface area contributed by atoms with Gasteiger partial charge in [-0.15, -0.1) is 0 Å². The molecule has 0 aliphatic heterocycles. The van der Waals surface area contributed by atoms with Gasteiger partial charge in [0.1, 0.15) is 0 Å². The Morgan fingerprint density at radius 2 is 1.85 bits per heavy atom. The lowest BCUT2D eigenvalue weighted by molar-refractivity contribution is 0.330. The van der Waals surface area contributed by atoms with Crippen LogP contribution in [0, 0.1) is 0 Å². The van der Waals surface area contributed by atoms with E-state index >= 15 is 0 Å². The van der Waals surface area contributed by atoms with E-state index in [4.69, 9.17) is 0 Å². The van der Waals surface area contributed by atoms with Crippen LogP contribution in [0.3, 0.4) is 0 Å². The number of allylic oxidation sites excluding steroid dienone is 1. The molecule has 1 nitrogen and oxygen atoms in total. The van der Waals surface area contributed by atoms with Crippen LogP contribution in [0.15, 0.2) is 11.8 Å². The van der Waals surface area contributed by atoms with Crippen LogP contribution < -0.4 is 0 Å². The summed E-state index contributed by atoms with van der Waals surface area (Å²) in [5, 5.41) is 0. The Balaban J connectivity index is 4.04. The van der Waals surface area contributed by atoms with Crippen molar-refractivity contribution in [2.24, 2.45) is 0 Å². The van der Waals surface area contributed by atoms with Crippen molar-refractivity contribution in [1.29, 1.82) is 0 Å². The van der Waals surface area contributed by atoms with E-state index in [-0.39, 0.29) is 0 Å². The van der Waals surface area contributed by atoms with Crippen molar-refractivity contribution in [3.05, 3.63) is 11.8 Å². The van der Waals surface area contributed by atoms with Crippen LogP contribution in [0.4, 0.5) is 0 Å². The number of hydrogen-bond acceptors (Lipinski definition) is 1. The summed E-state index contributed by atoms with van der Waals surface area (Å²) >= 11 is 0. The SMILES string of the molecule is CC=C[Si](C)(C)CN(CC)CCC. The molecule has 0 saturated heterocycles. The lowest BCUT2D eigenvalue weighted by atomic mass is 10.4. The Kier molecular flexibility index (Phi) is 6.34. The van der Waals surface area contributed by atoms with Gasteiger partial charge in [0.05, 0.1) is 8.07 Å². The van der Waals surface area contributed by atoms with Gasteiger partial charge in [0.2, 0.25) is 0 Å². The smallest absolute Gasteiger partial charge is 0.0857 e. The molecule has 0 bridgehead atoms. The van der Waals surface area contributed by atoms with Crippen molar-refractivity contribution in [3.63, 3.8) is 0 Å². The molecule has 0 atom stereocenters. The van der Waals surface area contributed by atoms with Crippen molar-refractivity contribution < 1.29 is 0 Å². The summed E-state index contributed by atoms with van der Waals surface area (Å²) < 4.78 is 0. The standard InChI is InChI=1S/C11H25NSi/c1-6-9-12(8-3)11-13(4,5)10-7-2/h7,10H,6,8-9,11H2,1-5H3. The minimum Gasteiger partial charge on any atom is -0.306 e. The Bertz CT molecular complexity index is 152. The highest BCUT2D eigenvalue weighted by Crippen LogP contribution is 2.07. The Morgan fingerprint density at radius 3 is 2.23 bits per heavy atom. The Morgan fingerprint density at radius 1 is 1.23 bits per heavy atom. The summed E-state index contributed by atoms with van der Waals surface area (Å²) in [7, 11) is -1.08. The molecule has 0 aliphatic carbocycles. The fourth-order valence-corrected chi connectivity index (χ4v) is 4.29. The quantitative estimate of drug-likeness (QED) is 0.594. The van der Waals surface area contributed by atoms with E-state index in [1.165, 1.54) is 25.7 Å². The van der Waals surface area contributed by atoms with Crippen molar-refractivity contribution >= 4 is 8.07 Å². The fraction of sp³-hybridized carbons (Fsp3) is 0.818. The minimum atomic E-state index is -1.08. The summed E-state index contributed by atoms with van der Waals surface area (Å²) in [6.45, 7) is 14.0. The molecule has 0 aromatic rings. The van der Waals surface area contributed by atoms with Crippen molar-refractivity contribution in [2.45, 2.75) is 40.3 Å². The van der Waals surface area contributed by atoms with E-state index in [0.717, 1.165) is 0 Å². The van der Waals surface area contributed by atoms with E-state index < -0.39 is 8.07 Å². The number of nitrogens with zero attached hydrogens (tertiary/aromatic N) is 1. The third kappa shape index (κ3) is 6.05. The third-order valence-corrected chi connectivity index (χ3v) is 4.73. The van der Waals surface area contributed by atoms with Crippen LogP contribution in [0.1, 0.15) is 27.2 Å². The van der Waals surface area contributed by atoms with Crippen LogP contribution >= 0.6 is 0 Å². The van der Waals surface area contributed by atoms with E-state index in [1.54, 1.807) is 0 Å². The second-order valence-electron chi connectivity index (χ2n) is 4.36. The predicted octanol–water partition coefficient (Wildman–Crippen LogP) is 3.08. The zero-order valence-electron chi connectivity index (χ0n) is 9.93. The molecule has 0 saturated carbocycles. The second kappa shape index (κ2) is 6.38. The van der Waals surface area contributed by atoms with E-state index in [2.05, 4.69) is 50.5 Å². The van der Waals surface area contributed by atoms with Crippen LogP contribution in [0.2, 0.25) is 13.1 Å². The third-order valence-electron chi connectivity index (χ3n) is 2.24. The summed E-state index contributed by atoms with van der Waals surface area (Å²) in [6, 6.07) is 0. The van der Waals surface area contributed by atoms with Gasteiger partial charge in [-0.05, 0) is 32.6 Å². The van der Waals surface area contributed by atoms with Crippen LogP contribution in [0.5, 0.6) is 0 Å². The van der Waals surface area contributed by atoms with Gasteiger partial charge in [0, 0.05) is 0 Å². The molecule has 0 rings (SSSR count). The monoisotopic (exact) mass is 199 g/mol. The molecular weight excluding hydrogens is 174 g/mol. The first kappa shape index (κ1) is 12.9. The average molecular weight is 199 g/mol. The van der Waals surface area contributed by atoms with E-state index in [9.17, 15) is 0 Å². The molecule has 0 aromatic heterocycles. The summed E-state index contributed by atoms with van der Waals surface area (Å²) in [5.41, 5.74) is 2.44. The predicted molar refractivity (Wildman–Crippen MR) is 64.7 cm³/mol. The molecule has 0 radical (unpaired) electrons. The van der Waals surface area contributed by atoms with Gasteiger partial charge in [-0.3, -0.25) is 0 Å². The number of rotatable bonds is 6. The van der Waals surface area contributed by atoms with Crippen LogP contribution in [0.25, 0.3) is 0 Å². The highest BCUT2D eigenvalue weighted by Gasteiger charge is 2.19. The topological polar surface area (TPSA) is 3.24 Å². The van der Waals surface area contributed by atoms with Crippen LogP contribution in [-0.4, -0.2) is 32.2 Å². The van der Waals surface area contributed by atoms with Gasteiger partial charge in [0.15, 0.2) is 0 Å². The van der Waals surface area contributed by atoms with Gasteiger partial charge < -0.3 is 4.90 Å². The highest BCUT2D eigenvalue weighted by molar-refractivity contribution is 6.82. The first-order valence-electron chi connectivity index (χ1n) is 5.42. The lowest BCUT2D eigenvalue weighted by Crippen LogP contribution is -2.41. The molecule has 0 amide bonds. The minimum absolute atomic E-state index is 1.08. The average Bonchev–Trinajstić information content (AvgIpc) is 2.03. The van der Waals surface area contributed by atoms with E-state index in [0.29, 0.717) is 0 Å². The van der Waals surface area contributed by atoms with Gasteiger partial charge in [-0.2, -0.15) is 0 Å². The zero-order chi connectivity index (χ0) is 10.3. The van der Waals surface area contributed by atoms with Crippen molar-refractivity contribution in [3.8, 4) is 0 Å².